The number of carbonyl (C=O) groups excluding carboxylic acids is 1. The summed E-state index contributed by atoms with van der Waals surface area (Å²) in [6.45, 7) is 0. The lowest BCUT2D eigenvalue weighted by atomic mass is 10.2. The molecule has 0 aliphatic carbocycles. The zero-order chi connectivity index (χ0) is 8.39. The van der Waals surface area contributed by atoms with Gasteiger partial charge in [0.2, 0.25) is 0 Å². The molecule has 2 aromatic rings. The molecule has 12 heavy (non-hydrogen) atoms. The Hall–Kier alpha value is -1.77. The van der Waals surface area contributed by atoms with E-state index in [1.54, 1.807) is 18.2 Å². The van der Waals surface area contributed by atoms with Gasteiger partial charge >= 0.3 is 0 Å². The fraction of sp³-hybridized carbons (Fsp3) is 0. The van der Waals surface area contributed by atoms with Crippen LogP contribution in [0.5, 0.6) is 0 Å². The minimum absolute atomic E-state index is 0.481. The maximum absolute atomic E-state index is 10.5. The predicted octanol–water partition coefficient (Wildman–Crippen LogP) is 2.35. The smallest absolute Gasteiger partial charge is 0.179 e. The quantitative estimate of drug-likeness (QED) is 0.636. The lowest BCUT2D eigenvalue weighted by Gasteiger charge is -1.89. The summed E-state index contributed by atoms with van der Waals surface area (Å²) in [4.78, 5) is 10.5. The standard InChI is InChI=1S/C9H6O3/c10-6-7-3-5-12-9(7)8-2-1-4-11-8/h1-6H. The molecule has 0 aromatic carbocycles. The van der Waals surface area contributed by atoms with Gasteiger partial charge in [-0.25, -0.2) is 0 Å². The maximum Gasteiger partial charge on any atom is 0.179 e. The Balaban J connectivity index is 2.53. The fourth-order valence-electron chi connectivity index (χ4n) is 1.02. The molecule has 0 N–H and O–H groups in total. The van der Waals surface area contributed by atoms with Crippen LogP contribution in [0.2, 0.25) is 0 Å². The van der Waals surface area contributed by atoms with E-state index in [1.807, 2.05) is 0 Å². The molecule has 0 aliphatic heterocycles. The van der Waals surface area contributed by atoms with Gasteiger partial charge in [0.25, 0.3) is 0 Å². The Kier molecular flexibility index (Phi) is 1.55. The molecule has 0 atom stereocenters. The highest BCUT2D eigenvalue weighted by Crippen LogP contribution is 2.23. The average Bonchev–Trinajstić information content (AvgIpc) is 2.74. The molecule has 60 valence electrons. The summed E-state index contributed by atoms with van der Waals surface area (Å²) in [6, 6.07) is 5.09. The molecule has 0 radical (unpaired) electrons. The Morgan fingerprint density at radius 1 is 1.17 bits per heavy atom. The third-order valence-electron chi connectivity index (χ3n) is 1.57. The van der Waals surface area contributed by atoms with Crippen LogP contribution in [0.25, 0.3) is 11.5 Å². The minimum Gasteiger partial charge on any atom is -0.461 e. The topological polar surface area (TPSA) is 43.4 Å². The number of hydrogen-bond donors (Lipinski definition) is 0. The second-order valence-electron chi connectivity index (χ2n) is 2.30. The van der Waals surface area contributed by atoms with Gasteiger partial charge in [-0.05, 0) is 18.2 Å². The van der Waals surface area contributed by atoms with E-state index >= 15 is 0 Å². The SMILES string of the molecule is O=Cc1ccoc1-c1ccco1. The van der Waals surface area contributed by atoms with Crippen molar-refractivity contribution in [2.24, 2.45) is 0 Å². The summed E-state index contributed by atoms with van der Waals surface area (Å²) in [5, 5.41) is 0. The number of hydrogen-bond acceptors (Lipinski definition) is 3. The first-order valence-corrected chi connectivity index (χ1v) is 3.48. The molecule has 3 nitrogen and oxygen atoms in total. The van der Waals surface area contributed by atoms with Gasteiger partial charge in [-0.2, -0.15) is 0 Å². The largest absolute Gasteiger partial charge is 0.461 e. The summed E-state index contributed by atoms with van der Waals surface area (Å²) >= 11 is 0. The molecule has 2 aromatic heterocycles. The van der Waals surface area contributed by atoms with Gasteiger partial charge in [-0.1, -0.05) is 0 Å². The van der Waals surface area contributed by atoms with E-state index in [0.717, 1.165) is 6.29 Å². The second kappa shape index (κ2) is 2.70. The van der Waals surface area contributed by atoms with Crippen LogP contribution in [0.1, 0.15) is 10.4 Å². The van der Waals surface area contributed by atoms with Crippen molar-refractivity contribution >= 4 is 6.29 Å². The minimum atomic E-state index is 0.481. The van der Waals surface area contributed by atoms with Gasteiger partial charge < -0.3 is 8.83 Å². The van der Waals surface area contributed by atoms with Crippen molar-refractivity contribution in [2.75, 3.05) is 0 Å². The van der Waals surface area contributed by atoms with Crippen molar-refractivity contribution in [3.63, 3.8) is 0 Å². The van der Waals surface area contributed by atoms with Crippen molar-refractivity contribution in [3.05, 3.63) is 36.3 Å². The second-order valence-corrected chi connectivity index (χ2v) is 2.30. The summed E-state index contributed by atoms with van der Waals surface area (Å²) < 4.78 is 10.1. The van der Waals surface area contributed by atoms with Gasteiger partial charge in [0.1, 0.15) is 0 Å². The molecule has 0 fully saturated rings. The van der Waals surface area contributed by atoms with E-state index in [1.165, 1.54) is 12.5 Å². The molecule has 0 bridgehead atoms. The Morgan fingerprint density at radius 3 is 2.75 bits per heavy atom. The van der Waals surface area contributed by atoms with Crippen LogP contribution in [0, 0.1) is 0 Å². The highest BCUT2D eigenvalue weighted by atomic mass is 16.4. The zero-order valence-corrected chi connectivity index (χ0v) is 6.19. The molecule has 0 amide bonds. The lowest BCUT2D eigenvalue weighted by molar-refractivity contribution is 0.112. The highest BCUT2D eigenvalue weighted by molar-refractivity contribution is 5.83. The molecule has 2 heterocycles. The Labute approximate surface area is 68.6 Å². The van der Waals surface area contributed by atoms with E-state index in [2.05, 4.69) is 0 Å². The summed E-state index contributed by atoms with van der Waals surface area (Å²) in [5.41, 5.74) is 0.505. The van der Waals surface area contributed by atoms with Crippen LogP contribution < -0.4 is 0 Å². The van der Waals surface area contributed by atoms with Crippen molar-refractivity contribution < 1.29 is 13.6 Å². The fourth-order valence-corrected chi connectivity index (χ4v) is 1.02. The monoisotopic (exact) mass is 162 g/mol. The van der Waals surface area contributed by atoms with Crippen LogP contribution in [0.3, 0.4) is 0 Å². The van der Waals surface area contributed by atoms with Crippen LogP contribution in [-0.2, 0) is 0 Å². The third-order valence-corrected chi connectivity index (χ3v) is 1.57. The van der Waals surface area contributed by atoms with Gasteiger partial charge in [0.05, 0.1) is 18.1 Å². The lowest BCUT2D eigenvalue weighted by Crippen LogP contribution is -1.77. The normalized spacial score (nSPS) is 10.0. The molecule has 0 spiro atoms. The highest BCUT2D eigenvalue weighted by Gasteiger charge is 2.09. The summed E-state index contributed by atoms with van der Waals surface area (Å²) in [5.74, 6) is 1.05. The molecule has 2 rings (SSSR count). The van der Waals surface area contributed by atoms with E-state index in [-0.39, 0.29) is 0 Å². The first-order valence-electron chi connectivity index (χ1n) is 3.48. The number of carbonyl (C=O) groups is 1. The molecule has 0 aliphatic rings. The van der Waals surface area contributed by atoms with E-state index < -0.39 is 0 Å². The summed E-state index contributed by atoms with van der Waals surface area (Å²) in [6.07, 6.45) is 3.73. The number of aldehydes is 1. The molecule has 0 unspecified atom stereocenters. The van der Waals surface area contributed by atoms with Gasteiger partial charge in [-0.3, -0.25) is 4.79 Å². The summed E-state index contributed by atoms with van der Waals surface area (Å²) in [7, 11) is 0. The molecule has 3 heteroatoms. The van der Waals surface area contributed by atoms with E-state index in [9.17, 15) is 4.79 Å². The average molecular weight is 162 g/mol. The third kappa shape index (κ3) is 0.955. The van der Waals surface area contributed by atoms with Crippen molar-refractivity contribution in [3.8, 4) is 11.5 Å². The van der Waals surface area contributed by atoms with Crippen LogP contribution in [0.15, 0.2) is 39.6 Å². The van der Waals surface area contributed by atoms with Gasteiger partial charge in [0.15, 0.2) is 17.8 Å². The molecule has 0 saturated heterocycles. The van der Waals surface area contributed by atoms with Crippen LogP contribution >= 0.6 is 0 Å². The molecular weight excluding hydrogens is 156 g/mol. The van der Waals surface area contributed by atoms with Crippen molar-refractivity contribution in [1.29, 1.82) is 0 Å². The van der Waals surface area contributed by atoms with Crippen molar-refractivity contribution in [2.45, 2.75) is 0 Å². The maximum atomic E-state index is 10.5. The van der Waals surface area contributed by atoms with Crippen molar-refractivity contribution in [1.82, 2.24) is 0 Å². The van der Waals surface area contributed by atoms with E-state index in [4.69, 9.17) is 8.83 Å². The molecule has 0 saturated carbocycles. The number of furan rings is 2. The zero-order valence-electron chi connectivity index (χ0n) is 6.19. The first kappa shape index (κ1) is 6.91. The first-order chi connectivity index (χ1) is 5.92. The molecular formula is C9H6O3. The Morgan fingerprint density at radius 2 is 2.08 bits per heavy atom. The van der Waals surface area contributed by atoms with Gasteiger partial charge in [-0.15, -0.1) is 0 Å². The number of rotatable bonds is 2. The Bertz CT molecular complexity index is 370. The van der Waals surface area contributed by atoms with Crippen LogP contribution in [-0.4, -0.2) is 6.29 Å². The van der Waals surface area contributed by atoms with Crippen LogP contribution in [0.4, 0.5) is 0 Å². The van der Waals surface area contributed by atoms with E-state index in [0.29, 0.717) is 17.1 Å². The predicted molar refractivity (Wildman–Crippen MR) is 41.8 cm³/mol. The van der Waals surface area contributed by atoms with Gasteiger partial charge in [0, 0.05) is 0 Å².